The van der Waals surface area contributed by atoms with Gasteiger partial charge in [-0.1, -0.05) is 0 Å². The second-order valence-electron chi connectivity index (χ2n) is 8.05. The molecule has 1 aromatic carbocycles. The molecule has 11 heteroatoms. The Bertz CT molecular complexity index is 1170. The molecule has 2 saturated heterocycles. The summed E-state index contributed by atoms with van der Waals surface area (Å²) in [7, 11) is 0. The predicted molar refractivity (Wildman–Crippen MR) is 109 cm³/mol. The fourth-order valence-corrected chi connectivity index (χ4v) is 4.64. The lowest BCUT2D eigenvalue weighted by molar-refractivity contribution is -0.138. The van der Waals surface area contributed by atoms with Crippen LogP contribution in [-0.4, -0.2) is 48.9 Å². The van der Waals surface area contributed by atoms with E-state index < -0.39 is 17.6 Å². The fraction of sp³-hybridized carbons (Fsp3) is 0.318. The van der Waals surface area contributed by atoms with E-state index in [2.05, 4.69) is 25.3 Å². The van der Waals surface area contributed by atoms with Crippen LogP contribution in [0.4, 0.5) is 23.5 Å². The molecule has 2 aromatic heterocycles. The van der Waals surface area contributed by atoms with Gasteiger partial charge in [-0.3, -0.25) is 4.79 Å². The molecule has 7 nitrogen and oxygen atoms in total. The first kappa shape index (κ1) is 21.2. The number of hydrogen-bond acceptors (Lipinski definition) is 6. The normalized spacial score (nSPS) is 21.9. The SMILES string of the molecule is O=C(c1ccc(F)cc1-c1ncccn1)N1[C@@H]2CC[C@H]1[C@H](Nc1ncc(C(F)(F)F)cn1)C2. The first-order chi connectivity index (χ1) is 15.8. The number of carbonyl (C=O) groups excluding carboxylic acids is 1. The zero-order valence-electron chi connectivity index (χ0n) is 17.1. The summed E-state index contributed by atoms with van der Waals surface area (Å²) < 4.78 is 52.2. The van der Waals surface area contributed by atoms with E-state index >= 15 is 0 Å². The molecule has 0 unspecified atom stereocenters. The Balaban J connectivity index is 1.38. The Kier molecular flexibility index (Phi) is 5.18. The highest BCUT2D eigenvalue weighted by Gasteiger charge is 2.49. The molecule has 0 spiro atoms. The number of aromatic nitrogens is 4. The summed E-state index contributed by atoms with van der Waals surface area (Å²) in [5, 5.41) is 3.07. The highest BCUT2D eigenvalue weighted by Crippen LogP contribution is 2.40. The van der Waals surface area contributed by atoms with E-state index in [1.807, 2.05) is 0 Å². The van der Waals surface area contributed by atoms with Gasteiger partial charge in [0.25, 0.3) is 5.91 Å². The van der Waals surface area contributed by atoms with E-state index in [0.29, 0.717) is 17.5 Å². The standard InChI is InChI=1S/C22H18F4N6O/c23-13-2-4-15(16(8-13)19-27-6-1-7-28-19)20(33)32-14-3-5-18(32)17(9-14)31-21-29-10-12(11-30-21)22(24,25)26/h1-2,4,6-8,10-11,14,17-18H,3,5,9H2,(H,29,30,31)/t14-,17-,18+/m1/s1. The number of benzene rings is 1. The molecule has 0 aliphatic carbocycles. The van der Waals surface area contributed by atoms with Crippen LogP contribution in [0.1, 0.15) is 35.2 Å². The summed E-state index contributed by atoms with van der Waals surface area (Å²) >= 11 is 0. The van der Waals surface area contributed by atoms with Crippen molar-refractivity contribution in [1.82, 2.24) is 24.8 Å². The summed E-state index contributed by atoms with van der Waals surface area (Å²) in [6.45, 7) is 0. The monoisotopic (exact) mass is 458 g/mol. The Morgan fingerprint density at radius 2 is 1.79 bits per heavy atom. The van der Waals surface area contributed by atoms with Crippen LogP contribution < -0.4 is 5.32 Å². The van der Waals surface area contributed by atoms with Crippen LogP contribution in [0, 0.1) is 5.82 Å². The maximum Gasteiger partial charge on any atom is 0.419 e. The lowest BCUT2D eigenvalue weighted by Crippen LogP contribution is -2.40. The number of nitrogens with zero attached hydrogens (tertiary/aromatic N) is 5. The van der Waals surface area contributed by atoms with Gasteiger partial charge in [0.15, 0.2) is 5.82 Å². The van der Waals surface area contributed by atoms with Crippen LogP contribution in [0.5, 0.6) is 0 Å². The van der Waals surface area contributed by atoms with Crippen LogP contribution in [0.15, 0.2) is 49.1 Å². The van der Waals surface area contributed by atoms with Gasteiger partial charge in [-0.25, -0.2) is 24.3 Å². The second-order valence-corrected chi connectivity index (χ2v) is 8.05. The van der Waals surface area contributed by atoms with Crippen LogP contribution in [0.3, 0.4) is 0 Å². The van der Waals surface area contributed by atoms with Gasteiger partial charge in [0.05, 0.1) is 23.2 Å². The third-order valence-corrected chi connectivity index (χ3v) is 6.08. The van der Waals surface area contributed by atoms with Crippen molar-refractivity contribution >= 4 is 11.9 Å². The zero-order valence-corrected chi connectivity index (χ0v) is 17.1. The van der Waals surface area contributed by atoms with Crippen molar-refractivity contribution < 1.29 is 22.4 Å². The molecule has 2 aliphatic heterocycles. The minimum Gasteiger partial charge on any atom is -0.349 e. The Morgan fingerprint density at radius 1 is 1.06 bits per heavy atom. The van der Waals surface area contributed by atoms with Crippen molar-refractivity contribution in [3.63, 3.8) is 0 Å². The van der Waals surface area contributed by atoms with Crippen molar-refractivity contribution in [2.75, 3.05) is 5.32 Å². The minimum absolute atomic E-state index is 0.0518. The maximum atomic E-state index is 14.0. The molecular formula is C22H18F4N6O. The van der Waals surface area contributed by atoms with Gasteiger partial charge < -0.3 is 10.2 Å². The van der Waals surface area contributed by atoms with Crippen molar-refractivity contribution in [3.8, 4) is 11.4 Å². The molecule has 2 aliphatic rings. The van der Waals surface area contributed by atoms with Gasteiger partial charge in [0.2, 0.25) is 5.95 Å². The molecule has 3 aromatic rings. The molecule has 1 amide bonds. The van der Waals surface area contributed by atoms with E-state index in [-0.39, 0.29) is 35.8 Å². The van der Waals surface area contributed by atoms with E-state index in [4.69, 9.17) is 0 Å². The van der Waals surface area contributed by atoms with E-state index in [9.17, 15) is 22.4 Å². The van der Waals surface area contributed by atoms with Crippen LogP contribution in [0.2, 0.25) is 0 Å². The predicted octanol–water partition coefficient (Wildman–Crippen LogP) is 3.95. The van der Waals surface area contributed by atoms with Gasteiger partial charge in [0.1, 0.15) is 5.82 Å². The third kappa shape index (κ3) is 3.98. The van der Waals surface area contributed by atoms with Crippen molar-refractivity contribution in [3.05, 3.63) is 66.0 Å². The molecule has 1 N–H and O–H groups in total. The summed E-state index contributed by atoms with van der Waals surface area (Å²) in [4.78, 5) is 31.2. The van der Waals surface area contributed by atoms with Crippen LogP contribution >= 0.6 is 0 Å². The molecule has 2 fully saturated rings. The van der Waals surface area contributed by atoms with E-state index in [1.54, 1.807) is 11.0 Å². The lowest BCUT2D eigenvalue weighted by Gasteiger charge is -2.26. The highest BCUT2D eigenvalue weighted by molar-refractivity contribution is 6.01. The number of alkyl halides is 3. The van der Waals surface area contributed by atoms with Crippen molar-refractivity contribution in [1.29, 1.82) is 0 Å². The van der Waals surface area contributed by atoms with Gasteiger partial charge in [0, 0.05) is 36.4 Å². The van der Waals surface area contributed by atoms with Gasteiger partial charge >= 0.3 is 6.18 Å². The van der Waals surface area contributed by atoms with Gasteiger partial charge in [-0.2, -0.15) is 13.2 Å². The number of hydrogen-bond donors (Lipinski definition) is 1. The van der Waals surface area contributed by atoms with Crippen LogP contribution in [-0.2, 0) is 6.18 Å². The average molecular weight is 458 g/mol. The number of anilines is 1. The Hall–Kier alpha value is -3.63. The number of rotatable bonds is 4. The average Bonchev–Trinajstić information content (AvgIpc) is 3.37. The molecule has 33 heavy (non-hydrogen) atoms. The zero-order chi connectivity index (χ0) is 23.2. The lowest BCUT2D eigenvalue weighted by atomic mass is 9.96. The van der Waals surface area contributed by atoms with E-state index in [1.165, 1.54) is 30.6 Å². The molecule has 3 atom stereocenters. The summed E-state index contributed by atoms with van der Waals surface area (Å²) in [5.41, 5.74) is -0.321. The Labute approximate surface area is 185 Å². The number of amides is 1. The topological polar surface area (TPSA) is 83.9 Å². The van der Waals surface area contributed by atoms with Crippen molar-refractivity contribution in [2.24, 2.45) is 0 Å². The number of nitrogens with one attached hydrogen (secondary N) is 1. The van der Waals surface area contributed by atoms with Crippen LogP contribution in [0.25, 0.3) is 11.4 Å². The Morgan fingerprint density at radius 3 is 2.48 bits per heavy atom. The van der Waals surface area contributed by atoms with Crippen molar-refractivity contribution in [2.45, 2.75) is 43.6 Å². The second kappa shape index (κ2) is 8.05. The maximum absolute atomic E-state index is 14.0. The molecule has 2 bridgehead atoms. The molecule has 0 radical (unpaired) electrons. The highest BCUT2D eigenvalue weighted by atomic mass is 19.4. The largest absolute Gasteiger partial charge is 0.419 e. The molecular weight excluding hydrogens is 440 g/mol. The van der Waals surface area contributed by atoms with Gasteiger partial charge in [-0.05, 0) is 43.5 Å². The number of fused-ring (bicyclic) bond motifs is 2. The number of halogens is 4. The summed E-state index contributed by atoms with van der Waals surface area (Å²) in [6.07, 6.45) is 2.14. The first-order valence-corrected chi connectivity index (χ1v) is 10.4. The summed E-state index contributed by atoms with van der Waals surface area (Å²) in [6, 6.07) is 5.08. The van der Waals surface area contributed by atoms with E-state index in [0.717, 1.165) is 25.2 Å². The third-order valence-electron chi connectivity index (χ3n) is 6.08. The molecule has 170 valence electrons. The summed E-state index contributed by atoms with van der Waals surface area (Å²) in [5.74, 6) is -0.437. The molecule has 4 heterocycles. The first-order valence-electron chi connectivity index (χ1n) is 10.4. The quantitative estimate of drug-likeness (QED) is 0.596. The molecule has 0 saturated carbocycles. The minimum atomic E-state index is -4.51. The number of carbonyl (C=O) groups is 1. The molecule has 5 rings (SSSR count). The fourth-order valence-electron chi connectivity index (χ4n) is 4.64. The van der Waals surface area contributed by atoms with Gasteiger partial charge in [-0.15, -0.1) is 0 Å². The smallest absolute Gasteiger partial charge is 0.349 e.